The summed E-state index contributed by atoms with van der Waals surface area (Å²) in [5, 5.41) is 2.60. The van der Waals surface area contributed by atoms with Gasteiger partial charge in [0.15, 0.2) is 0 Å². The minimum Gasteiger partial charge on any atom is -0.355 e. The van der Waals surface area contributed by atoms with Gasteiger partial charge >= 0.3 is 6.18 Å². The Balaban J connectivity index is 1.56. The number of rotatable bonds is 3. The van der Waals surface area contributed by atoms with Gasteiger partial charge in [-0.05, 0) is 43.9 Å². The molecule has 21 heavy (non-hydrogen) atoms. The fraction of sp³-hybridized carbons (Fsp3) is 0.933. The van der Waals surface area contributed by atoms with Crippen LogP contribution >= 0.6 is 0 Å². The minimum absolute atomic E-state index is 0.136. The van der Waals surface area contributed by atoms with E-state index in [0.29, 0.717) is 24.7 Å². The lowest BCUT2D eigenvalue weighted by atomic mass is 9.72. The molecule has 0 aromatic rings. The molecule has 0 spiro atoms. The summed E-state index contributed by atoms with van der Waals surface area (Å²) in [6, 6.07) is 0.184. The number of carbonyl (C=O) groups excluding carboxylic acids is 1. The van der Waals surface area contributed by atoms with Gasteiger partial charge < -0.3 is 11.1 Å². The zero-order chi connectivity index (χ0) is 15.3. The number of alkyl halides is 3. The Labute approximate surface area is 122 Å². The van der Waals surface area contributed by atoms with Crippen LogP contribution in [-0.4, -0.2) is 24.7 Å². The van der Waals surface area contributed by atoms with Gasteiger partial charge in [-0.3, -0.25) is 4.79 Å². The first kappa shape index (κ1) is 15.1. The van der Waals surface area contributed by atoms with Crippen LogP contribution in [0.2, 0.25) is 0 Å². The largest absolute Gasteiger partial charge is 0.396 e. The highest BCUT2D eigenvalue weighted by Gasteiger charge is 2.56. The van der Waals surface area contributed by atoms with E-state index in [2.05, 4.69) is 5.32 Å². The van der Waals surface area contributed by atoms with Gasteiger partial charge in [-0.2, -0.15) is 13.2 Å². The van der Waals surface area contributed by atoms with Gasteiger partial charge in [0.25, 0.3) is 0 Å². The molecule has 0 heterocycles. The van der Waals surface area contributed by atoms with Crippen LogP contribution in [-0.2, 0) is 4.79 Å². The summed E-state index contributed by atoms with van der Waals surface area (Å²) in [6.07, 6.45) is -0.264. The number of carbonyl (C=O) groups is 1. The van der Waals surface area contributed by atoms with Crippen molar-refractivity contribution in [3.63, 3.8) is 0 Å². The molecule has 3 aliphatic rings. The first-order valence-corrected chi connectivity index (χ1v) is 7.92. The third kappa shape index (κ3) is 2.56. The highest BCUT2D eigenvalue weighted by molar-refractivity contribution is 5.79. The number of nitrogens with two attached hydrogens (primary N) is 1. The molecule has 6 heteroatoms. The fourth-order valence-corrected chi connectivity index (χ4v) is 4.51. The van der Waals surface area contributed by atoms with Crippen molar-refractivity contribution >= 4 is 5.91 Å². The Bertz CT molecular complexity index is 418. The molecule has 0 aliphatic heterocycles. The molecule has 3 aliphatic carbocycles. The van der Waals surface area contributed by atoms with Crippen LogP contribution in [0, 0.1) is 23.2 Å². The Morgan fingerprint density at radius 1 is 1.19 bits per heavy atom. The second-order valence-electron chi connectivity index (χ2n) is 7.19. The first-order valence-electron chi connectivity index (χ1n) is 7.92. The molecule has 3 N–H and O–H groups in total. The van der Waals surface area contributed by atoms with E-state index in [1.165, 1.54) is 0 Å². The number of fused-ring (bicyclic) bond motifs is 1. The molecule has 3 saturated carbocycles. The summed E-state index contributed by atoms with van der Waals surface area (Å²) >= 11 is 0. The van der Waals surface area contributed by atoms with E-state index >= 15 is 0 Å². The van der Waals surface area contributed by atoms with Gasteiger partial charge in [-0.1, -0.05) is 12.8 Å². The average Bonchev–Trinajstić information content (AvgIpc) is 3.00. The van der Waals surface area contributed by atoms with Crippen LogP contribution in [0.3, 0.4) is 0 Å². The first-order chi connectivity index (χ1) is 9.82. The summed E-state index contributed by atoms with van der Waals surface area (Å²) in [5.74, 6) is 0.579. The molecular weight excluding hydrogens is 281 g/mol. The van der Waals surface area contributed by atoms with Crippen LogP contribution in [0.5, 0.6) is 0 Å². The zero-order valence-corrected chi connectivity index (χ0v) is 12.1. The van der Waals surface area contributed by atoms with Gasteiger partial charge in [-0.15, -0.1) is 0 Å². The van der Waals surface area contributed by atoms with Crippen LogP contribution in [0.1, 0.15) is 44.9 Å². The van der Waals surface area contributed by atoms with E-state index in [0.717, 1.165) is 19.3 Å². The van der Waals surface area contributed by atoms with Crippen molar-refractivity contribution in [3.05, 3.63) is 0 Å². The SMILES string of the molecule is NC1CC2CC(C(=O)NCC3(C(F)(F)F)CCCC3)CC12. The van der Waals surface area contributed by atoms with Gasteiger partial charge in [0.2, 0.25) is 5.91 Å². The summed E-state index contributed by atoms with van der Waals surface area (Å²) in [7, 11) is 0. The highest BCUT2D eigenvalue weighted by atomic mass is 19.4. The summed E-state index contributed by atoms with van der Waals surface area (Å²) < 4.78 is 39.8. The average molecular weight is 304 g/mol. The van der Waals surface area contributed by atoms with Crippen molar-refractivity contribution in [1.29, 1.82) is 0 Å². The second-order valence-corrected chi connectivity index (χ2v) is 7.19. The van der Waals surface area contributed by atoms with Crippen LogP contribution in [0.4, 0.5) is 13.2 Å². The maximum Gasteiger partial charge on any atom is 0.396 e. The number of halogens is 3. The van der Waals surface area contributed by atoms with Gasteiger partial charge in [0.05, 0.1) is 5.41 Å². The second kappa shape index (κ2) is 5.14. The smallest absolute Gasteiger partial charge is 0.355 e. The van der Waals surface area contributed by atoms with Crippen molar-refractivity contribution in [3.8, 4) is 0 Å². The molecule has 0 aromatic carbocycles. The van der Waals surface area contributed by atoms with Gasteiger partial charge in [-0.25, -0.2) is 0 Å². The third-order valence-corrected chi connectivity index (χ3v) is 6.01. The lowest BCUT2D eigenvalue weighted by Gasteiger charge is -2.37. The molecule has 4 unspecified atom stereocenters. The van der Waals surface area contributed by atoms with E-state index in [1.807, 2.05) is 0 Å². The van der Waals surface area contributed by atoms with Crippen molar-refractivity contribution in [2.24, 2.45) is 28.9 Å². The molecule has 3 nitrogen and oxygen atoms in total. The maximum absolute atomic E-state index is 13.3. The number of hydrogen-bond donors (Lipinski definition) is 2. The Hall–Kier alpha value is -0.780. The predicted molar refractivity (Wildman–Crippen MR) is 72.3 cm³/mol. The summed E-state index contributed by atoms with van der Waals surface area (Å²) in [5.41, 5.74) is 4.20. The zero-order valence-electron chi connectivity index (χ0n) is 12.1. The summed E-state index contributed by atoms with van der Waals surface area (Å²) in [6.45, 7) is -0.257. The lowest BCUT2D eigenvalue weighted by molar-refractivity contribution is -0.220. The van der Waals surface area contributed by atoms with E-state index in [-0.39, 0.29) is 37.3 Å². The Kier molecular flexibility index (Phi) is 3.71. The molecule has 1 amide bonds. The normalized spacial score (nSPS) is 37.9. The van der Waals surface area contributed by atoms with Crippen molar-refractivity contribution in [1.82, 2.24) is 5.32 Å². The van der Waals surface area contributed by atoms with Crippen LogP contribution in [0.15, 0.2) is 0 Å². The Morgan fingerprint density at radius 3 is 2.38 bits per heavy atom. The minimum atomic E-state index is -4.23. The van der Waals surface area contributed by atoms with E-state index < -0.39 is 11.6 Å². The van der Waals surface area contributed by atoms with E-state index in [1.54, 1.807) is 0 Å². The molecular formula is C15H23F3N2O. The van der Waals surface area contributed by atoms with E-state index in [9.17, 15) is 18.0 Å². The standard InChI is InChI=1S/C15H23F3N2O/c16-15(17,18)14(3-1-2-4-14)8-20-13(21)10-5-9-7-12(19)11(9)6-10/h9-12H,1-8,19H2,(H,20,21). The monoisotopic (exact) mass is 304 g/mol. The van der Waals surface area contributed by atoms with Gasteiger partial charge in [0, 0.05) is 18.5 Å². The number of nitrogens with one attached hydrogen (secondary N) is 1. The lowest BCUT2D eigenvalue weighted by Crippen LogP contribution is -2.46. The number of hydrogen-bond acceptors (Lipinski definition) is 2. The molecule has 0 radical (unpaired) electrons. The van der Waals surface area contributed by atoms with Crippen LogP contribution in [0.25, 0.3) is 0 Å². The molecule has 0 bridgehead atoms. The summed E-state index contributed by atoms with van der Waals surface area (Å²) in [4.78, 5) is 12.2. The van der Waals surface area contributed by atoms with Crippen molar-refractivity contribution in [2.75, 3.05) is 6.54 Å². The van der Waals surface area contributed by atoms with Crippen LogP contribution < -0.4 is 11.1 Å². The Morgan fingerprint density at radius 2 is 1.86 bits per heavy atom. The van der Waals surface area contributed by atoms with Gasteiger partial charge in [0.1, 0.15) is 0 Å². The maximum atomic E-state index is 13.3. The van der Waals surface area contributed by atoms with E-state index in [4.69, 9.17) is 5.73 Å². The molecule has 3 fully saturated rings. The van der Waals surface area contributed by atoms with Crippen molar-refractivity contribution in [2.45, 2.75) is 57.2 Å². The van der Waals surface area contributed by atoms with Crippen molar-refractivity contribution < 1.29 is 18.0 Å². The molecule has 120 valence electrons. The highest BCUT2D eigenvalue weighted by Crippen LogP contribution is 2.51. The third-order valence-electron chi connectivity index (χ3n) is 6.01. The number of amides is 1. The molecule has 3 rings (SSSR count). The fourth-order valence-electron chi connectivity index (χ4n) is 4.51. The quantitative estimate of drug-likeness (QED) is 0.842. The molecule has 0 aromatic heterocycles. The molecule has 0 saturated heterocycles. The predicted octanol–water partition coefficient (Wildman–Crippen LogP) is 2.60. The molecule has 4 atom stereocenters. The topological polar surface area (TPSA) is 55.1 Å².